The maximum atomic E-state index is 12.9. The maximum absolute atomic E-state index is 12.9. The average Bonchev–Trinajstić information content (AvgIpc) is 2.79. The molecule has 0 aliphatic carbocycles. The Morgan fingerprint density at radius 2 is 1.63 bits per heavy atom. The average molecular weight is 546 g/mol. The van der Waals surface area contributed by atoms with E-state index >= 15 is 0 Å². The third-order valence-electron chi connectivity index (χ3n) is 7.78. The van der Waals surface area contributed by atoms with Gasteiger partial charge in [0.25, 0.3) is 0 Å². The molecule has 5 N–H and O–H groups in total. The number of ether oxygens (including phenoxy) is 2. The largest absolute Gasteiger partial charge is 0.462 e. The summed E-state index contributed by atoms with van der Waals surface area (Å²) in [6.45, 7) is 13.8. The van der Waals surface area contributed by atoms with Gasteiger partial charge in [0.15, 0.2) is 0 Å². The molecule has 1 aliphatic rings. The molecule has 1 heterocycles. The van der Waals surface area contributed by atoms with Gasteiger partial charge in [-0.1, -0.05) is 34.6 Å². The first kappa shape index (κ1) is 34.3. The normalized spacial score (nSPS) is 32.6. The topological polar surface area (TPSA) is 163 Å². The Labute approximate surface area is 227 Å². The van der Waals surface area contributed by atoms with Crippen LogP contribution in [0.25, 0.3) is 0 Å². The summed E-state index contributed by atoms with van der Waals surface area (Å²) in [5.41, 5.74) is 0. The highest BCUT2D eigenvalue weighted by Crippen LogP contribution is 2.33. The van der Waals surface area contributed by atoms with Crippen LogP contribution < -0.4 is 5.32 Å². The summed E-state index contributed by atoms with van der Waals surface area (Å²) >= 11 is 0. The monoisotopic (exact) mass is 545 g/mol. The number of rotatable bonds is 9. The lowest BCUT2D eigenvalue weighted by molar-refractivity contribution is -0.159. The second-order valence-electron chi connectivity index (χ2n) is 11.8. The van der Waals surface area contributed by atoms with E-state index in [0.717, 1.165) is 0 Å². The number of cyclic esters (lactones) is 1. The Bertz CT molecular complexity index is 761. The van der Waals surface area contributed by atoms with Crippen molar-refractivity contribution in [3.63, 3.8) is 0 Å². The van der Waals surface area contributed by atoms with Crippen molar-refractivity contribution in [1.29, 1.82) is 0 Å². The zero-order valence-corrected chi connectivity index (χ0v) is 24.3. The molecule has 0 unspecified atom stereocenters. The van der Waals surface area contributed by atoms with Crippen LogP contribution in [0.2, 0.25) is 0 Å². The van der Waals surface area contributed by atoms with Crippen molar-refractivity contribution in [1.82, 2.24) is 5.32 Å². The number of carbonyl (C=O) groups is 3. The summed E-state index contributed by atoms with van der Waals surface area (Å²) in [6.07, 6.45) is -3.52. The summed E-state index contributed by atoms with van der Waals surface area (Å²) in [5.74, 6) is -2.79. The van der Waals surface area contributed by atoms with Crippen molar-refractivity contribution in [2.24, 2.45) is 29.6 Å². The zero-order chi connectivity index (χ0) is 29.3. The van der Waals surface area contributed by atoms with Crippen LogP contribution in [-0.4, -0.2) is 80.9 Å². The predicted octanol–water partition coefficient (Wildman–Crippen LogP) is 1.94. The number of esters is 2. The van der Waals surface area contributed by atoms with E-state index in [2.05, 4.69) is 5.32 Å². The van der Waals surface area contributed by atoms with Crippen LogP contribution >= 0.6 is 0 Å². The molecule has 10 nitrogen and oxygen atoms in total. The molecule has 0 aromatic rings. The van der Waals surface area contributed by atoms with Crippen LogP contribution in [0.1, 0.15) is 87.5 Å². The minimum absolute atomic E-state index is 0.0573. The molecule has 0 saturated carbocycles. The molecular formula is C28H51NO9. The van der Waals surface area contributed by atoms with Crippen molar-refractivity contribution >= 4 is 17.8 Å². The van der Waals surface area contributed by atoms with E-state index in [9.17, 15) is 34.8 Å². The van der Waals surface area contributed by atoms with Gasteiger partial charge in [-0.25, -0.2) is 4.79 Å². The van der Waals surface area contributed by atoms with Gasteiger partial charge < -0.3 is 35.2 Å². The van der Waals surface area contributed by atoms with Gasteiger partial charge in [-0.05, 0) is 56.8 Å². The van der Waals surface area contributed by atoms with Crippen molar-refractivity contribution < 1.29 is 44.3 Å². The van der Waals surface area contributed by atoms with Gasteiger partial charge in [-0.15, -0.1) is 0 Å². The Hall–Kier alpha value is -1.75. The highest BCUT2D eigenvalue weighted by Gasteiger charge is 2.37. The van der Waals surface area contributed by atoms with E-state index in [1.54, 1.807) is 13.8 Å². The molecule has 10 heteroatoms. The number of nitrogens with one attached hydrogen (secondary N) is 1. The predicted molar refractivity (Wildman–Crippen MR) is 142 cm³/mol. The Morgan fingerprint density at radius 3 is 2.18 bits per heavy atom. The molecule has 1 aliphatic heterocycles. The first-order chi connectivity index (χ1) is 17.5. The van der Waals surface area contributed by atoms with Crippen LogP contribution in [0.3, 0.4) is 0 Å². The molecule has 1 saturated heterocycles. The van der Waals surface area contributed by atoms with Crippen LogP contribution in [0.4, 0.5) is 0 Å². The van der Waals surface area contributed by atoms with Crippen LogP contribution in [0, 0.1) is 29.6 Å². The highest BCUT2D eigenvalue weighted by molar-refractivity contribution is 5.84. The molecule has 1 amide bonds. The van der Waals surface area contributed by atoms with Crippen LogP contribution in [0.15, 0.2) is 0 Å². The molecule has 222 valence electrons. The van der Waals surface area contributed by atoms with E-state index < -0.39 is 66.4 Å². The quantitative estimate of drug-likeness (QED) is 0.273. The third-order valence-corrected chi connectivity index (χ3v) is 7.78. The van der Waals surface area contributed by atoms with Crippen LogP contribution in [0.5, 0.6) is 0 Å². The van der Waals surface area contributed by atoms with Gasteiger partial charge >= 0.3 is 11.9 Å². The Morgan fingerprint density at radius 1 is 1.03 bits per heavy atom. The fourth-order valence-corrected chi connectivity index (χ4v) is 5.59. The minimum Gasteiger partial charge on any atom is -0.462 e. The lowest BCUT2D eigenvalue weighted by Crippen LogP contribution is -2.44. The molecule has 0 aromatic heterocycles. The summed E-state index contributed by atoms with van der Waals surface area (Å²) in [7, 11) is 0. The number of carbonyl (C=O) groups excluding carboxylic acids is 3. The Kier molecular flexibility index (Phi) is 14.2. The SMILES string of the molecule is CC(=O)O[C@H](C[C@H](C)O)[C@@H](C)[C@@H](O)[C@@H](C)C[C@H](C)[C@@H]1OC(=O)[C@@H](C)NC(=O)C[C@@H](O)C[C@H](O)[C@H](C)C[C@H]1C. The third kappa shape index (κ3) is 11.2. The molecule has 0 aromatic carbocycles. The van der Waals surface area contributed by atoms with Crippen molar-refractivity contribution in [2.45, 2.75) is 130 Å². The van der Waals surface area contributed by atoms with Gasteiger partial charge in [0, 0.05) is 19.3 Å². The fourth-order valence-electron chi connectivity index (χ4n) is 5.59. The van der Waals surface area contributed by atoms with E-state index in [-0.39, 0.29) is 42.9 Å². The smallest absolute Gasteiger partial charge is 0.328 e. The molecular weight excluding hydrogens is 494 g/mol. The van der Waals surface area contributed by atoms with Gasteiger partial charge in [-0.2, -0.15) is 0 Å². The zero-order valence-electron chi connectivity index (χ0n) is 24.3. The first-order valence-electron chi connectivity index (χ1n) is 13.9. The molecule has 0 bridgehead atoms. The number of hydrogen-bond donors (Lipinski definition) is 5. The standard InChI is InChI=1S/C28H51NO9/c1-14-9-16(3)27(38-28(36)20(7)29-25(34)13-22(32)12-23(14)33)17(4)10-15(2)26(35)19(6)24(11-18(5)30)37-21(8)31/h14-20,22-24,26-27,30,32-33,35H,9-13H2,1-8H3,(H,29,34)/t14-,15+,16-,17+,18+,19-,20-,22+,23+,24-,26+,27-/m1/s1. The van der Waals surface area contributed by atoms with Gasteiger partial charge in [0.05, 0.1) is 30.8 Å². The van der Waals surface area contributed by atoms with Gasteiger partial charge in [0.1, 0.15) is 18.2 Å². The van der Waals surface area contributed by atoms with Crippen molar-refractivity contribution in [3.8, 4) is 0 Å². The van der Waals surface area contributed by atoms with E-state index in [1.165, 1.54) is 13.8 Å². The minimum atomic E-state index is -1.02. The fraction of sp³-hybridized carbons (Fsp3) is 0.893. The highest BCUT2D eigenvalue weighted by atomic mass is 16.5. The number of amides is 1. The van der Waals surface area contributed by atoms with Crippen LogP contribution in [-0.2, 0) is 23.9 Å². The molecule has 0 spiro atoms. The molecule has 12 atom stereocenters. The lowest BCUT2D eigenvalue weighted by Gasteiger charge is -2.36. The van der Waals surface area contributed by atoms with E-state index in [0.29, 0.717) is 12.8 Å². The Balaban J connectivity index is 3.08. The molecule has 1 rings (SSSR count). The lowest BCUT2D eigenvalue weighted by atomic mass is 9.78. The second kappa shape index (κ2) is 15.7. The maximum Gasteiger partial charge on any atom is 0.328 e. The first-order valence-corrected chi connectivity index (χ1v) is 13.9. The van der Waals surface area contributed by atoms with Gasteiger partial charge in [0.2, 0.25) is 5.91 Å². The van der Waals surface area contributed by atoms with Gasteiger partial charge in [-0.3, -0.25) is 9.59 Å². The molecule has 38 heavy (non-hydrogen) atoms. The van der Waals surface area contributed by atoms with E-state index in [4.69, 9.17) is 9.47 Å². The number of hydrogen-bond acceptors (Lipinski definition) is 9. The van der Waals surface area contributed by atoms with Crippen molar-refractivity contribution in [2.75, 3.05) is 0 Å². The molecule has 1 fully saturated rings. The number of aliphatic hydroxyl groups excluding tert-OH is 4. The van der Waals surface area contributed by atoms with E-state index in [1.807, 2.05) is 27.7 Å². The summed E-state index contributed by atoms with van der Waals surface area (Å²) < 4.78 is 11.3. The van der Waals surface area contributed by atoms with Crippen molar-refractivity contribution in [3.05, 3.63) is 0 Å². The summed E-state index contributed by atoms with van der Waals surface area (Å²) in [5, 5.41) is 44.3. The summed E-state index contributed by atoms with van der Waals surface area (Å²) in [4.78, 5) is 36.7. The summed E-state index contributed by atoms with van der Waals surface area (Å²) in [6, 6.07) is -0.910. The molecule has 0 radical (unpaired) electrons. The number of aliphatic hydroxyl groups is 4. The second-order valence-corrected chi connectivity index (χ2v) is 11.8.